The predicted molar refractivity (Wildman–Crippen MR) is 108 cm³/mol. The molecule has 150 valence electrons. The van der Waals surface area contributed by atoms with Crippen LogP contribution < -0.4 is 0 Å². The second kappa shape index (κ2) is 8.38. The maximum Gasteiger partial charge on any atom is 0.273 e. The zero-order valence-electron chi connectivity index (χ0n) is 16.1. The van der Waals surface area contributed by atoms with Crippen molar-refractivity contribution in [1.29, 1.82) is 0 Å². The van der Waals surface area contributed by atoms with E-state index in [-0.39, 0.29) is 10.6 Å². The molecular formula is C20H25N3O4S. The van der Waals surface area contributed by atoms with Crippen LogP contribution in [0.3, 0.4) is 0 Å². The Hall–Kier alpha value is -2.29. The molecule has 0 bridgehead atoms. The van der Waals surface area contributed by atoms with Crippen molar-refractivity contribution in [3.63, 3.8) is 0 Å². The van der Waals surface area contributed by atoms with E-state index in [4.69, 9.17) is 0 Å². The number of nitro groups is 1. The molecule has 2 aromatic rings. The minimum atomic E-state index is -3.52. The smallest absolute Gasteiger partial charge is 0.273 e. The molecule has 8 heteroatoms. The van der Waals surface area contributed by atoms with Crippen LogP contribution in [0.25, 0.3) is 0 Å². The van der Waals surface area contributed by atoms with Gasteiger partial charge in [0.25, 0.3) is 5.69 Å². The highest BCUT2D eigenvalue weighted by Crippen LogP contribution is 2.23. The van der Waals surface area contributed by atoms with Gasteiger partial charge >= 0.3 is 0 Å². The molecule has 28 heavy (non-hydrogen) atoms. The molecule has 0 unspecified atom stereocenters. The third-order valence-electron chi connectivity index (χ3n) is 5.10. The van der Waals surface area contributed by atoms with E-state index in [1.165, 1.54) is 10.4 Å². The summed E-state index contributed by atoms with van der Waals surface area (Å²) >= 11 is 0. The van der Waals surface area contributed by atoms with Gasteiger partial charge in [-0.2, -0.15) is 4.31 Å². The average molecular weight is 404 g/mol. The summed E-state index contributed by atoms with van der Waals surface area (Å²) in [5.41, 5.74) is 1.85. The van der Waals surface area contributed by atoms with Gasteiger partial charge in [0.05, 0.1) is 9.82 Å². The number of sulfonamides is 1. The van der Waals surface area contributed by atoms with Crippen LogP contribution in [-0.2, 0) is 16.6 Å². The Balaban J connectivity index is 1.65. The Morgan fingerprint density at radius 3 is 2.18 bits per heavy atom. The summed E-state index contributed by atoms with van der Waals surface area (Å²) in [4.78, 5) is 13.2. The molecule has 0 aliphatic carbocycles. The maximum atomic E-state index is 12.9. The van der Waals surface area contributed by atoms with E-state index in [2.05, 4.69) is 18.7 Å². The van der Waals surface area contributed by atoms with Crippen LogP contribution in [0.2, 0.25) is 0 Å². The van der Waals surface area contributed by atoms with E-state index in [0.29, 0.717) is 49.1 Å². The molecule has 1 aliphatic rings. The average Bonchev–Trinajstić information content (AvgIpc) is 2.68. The first-order valence-corrected chi connectivity index (χ1v) is 10.8. The summed E-state index contributed by atoms with van der Waals surface area (Å²) in [6, 6.07) is 13.7. The lowest BCUT2D eigenvalue weighted by Gasteiger charge is -2.33. The number of benzene rings is 2. The van der Waals surface area contributed by atoms with Crippen molar-refractivity contribution in [3.8, 4) is 0 Å². The van der Waals surface area contributed by atoms with Crippen molar-refractivity contribution in [1.82, 2.24) is 9.21 Å². The van der Waals surface area contributed by atoms with Gasteiger partial charge in [-0.3, -0.25) is 15.0 Å². The van der Waals surface area contributed by atoms with Gasteiger partial charge in [-0.15, -0.1) is 0 Å². The molecule has 0 atom stereocenters. The van der Waals surface area contributed by atoms with Crippen LogP contribution in [-0.4, -0.2) is 48.7 Å². The van der Waals surface area contributed by atoms with Gasteiger partial charge in [0.1, 0.15) is 0 Å². The molecule has 7 nitrogen and oxygen atoms in total. The van der Waals surface area contributed by atoms with Crippen molar-refractivity contribution in [2.75, 3.05) is 26.2 Å². The first kappa shape index (κ1) is 20.4. The van der Waals surface area contributed by atoms with Gasteiger partial charge in [-0.25, -0.2) is 8.42 Å². The first-order chi connectivity index (χ1) is 13.3. The minimum Gasteiger partial charge on any atom is -0.296 e. The fourth-order valence-corrected chi connectivity index (χ4v) is 4.79. The van der Waals surface area contributed by atoms with E-state index in [9.17, 15) is 18.5 Å². The van der Waals surface area contributed by atoms with Crippen molar-refractivity contribution >= 4 is 15.7 Å². The number of nitro benzene ring substituents is 1. The van der Waals surface area contributed by atoms with Gasteiger partial charge in [-0.1, -0.05) is 44.2 Å². The second-order valence-electron chi connectivity index (χ2n) is 7.29. The standard InChI is InChI=1S/C20H25N3O4S/c1-16(2)17-7-9-19(10-8-17)28(26,27)22-13-11-21(12-14-22)15-18-5-3-4-6-20(18)23(24)25/h3-10,16H,11-15H2,1-2H3. The van der Waals surface area contributed by atoms with Crippen LogP contribution in [0.4, 0.5) is 5.69 Å². The Kier molecular flexibility index (Phi) is 6.12. The Morgan fingerprint density at radius 2 is 1.61 bits per heavy atom. The molecular weight excluding hydrogens is 378 g/mol. The number of piperazine rings is 1. The molecule has 0 N–H and O–H groups in total. The molecule has 0 aromatic heterocycles. The fourth-order valence-electron chi connectivity index (χ4n) is 3.37. The SMILES string of the molecule is CC(C)c1ccc(S(=O)(=O)N2CCN(Cc3ccccc3[N+](=O)[O-])CC2)cc1. The van der Waals surface area contributed by atoms with Crippen LogP contribution in [0.5, 0.6) is 0 Å². The quantitative estimate of drug-likeness (QED) is 0.546. The van der Waals surface area contributed by atoms with E-state index in [0.717, 1.165) is 5.56 Å². The normalized spacial score (nSPS) is 16.4. The van der Waals surface area contributed by atoms with E-state index >= 15 is 0 Å². The highest BCUT2D eigenvalue weighted by Gasteiger charge is 2.29. The predicted octanol–water partition coefficient (Wildman–Crippen LogP) is 3.22. The van der Waals surface area contributed by atoms with Gasteiger partial charge in [0, 0.05) is 44.4 Å². The highest BCUT2D eigenvalue weighted by atomic mass is 32.2. The maximum absolute atomic E-state index is 12.9. The van der Waals surface area contributed by atoms with Crippen LogP contribution >= 0.6 is 0 Å². The summed E-state index contributed by atoms with van der Waals surface area (Å²) < 4.78 is 27.3. The van der Waals surface area contributed by atoms with Gasteiger partial charge < -0.3 is 0 Å². The molecule has 0 spiro atoms. The summed E-state index contributed by atoms with van der Waals surface area (Å²) in [7, 11) is -3.52. The number of para-hydroxylation sites is 1. The molecule has 3 rings (SSSR count). The fraction of sp³-hybridized carbons (Fsp3) is 0.400. The van der Waals surface area contributed by atoms with Crippen molar-refractivity contribution in [3.05, 3.63) is 69.8 Å². The monoisotopic (exact) mass is 403 g/mol. The van der Waals surface area contributed by atoms with Crippen molar-refractivity contribution in [2.24, 2.45) is 0 Å². The van der Waals surface area contributed by atoms with Gasteiger partial charge in [-0.05, 0) is 23.6 Å². The third kappa shape index (κ3) is 4.40. The van der Waals surface area contributed by atoms with Gasteiger partial charge in [0.2, 0.25) is 10.0 Å². The van der Waals surface area contributed by atoms with Crippen molar-refractivity contribution < 1.29 is 13.3 Å². The number of hydrogen-bond acceptors (Lipinski definition) is 5. The molecule has 2 aromatic carbocycles. The van der Waals surface area contributed by atoms with E-state index in [1.54, 1.807) is 30.3 Å². The topological polar surface area (TPSA) is 83.8 Å². The lowest BCUT2D eigenvalue weighted by molar-refractivity contribution is -0.385. The molecule has 0 saturated carbocycles. The second-order valence-corrected chi connectivity index (χ2v) is 9.23. The lowest BCUT2D eigenvalue weighted by Crippen LogP contribution is -2.48. The van der Waals surface area contributed by atoms with E-state index in [1.807, 2.05) is 12.1 Å². The zero-order chi connectivity index (χ0) is 20.3. The Morgan fingerprint density at radius 1 is 1.00 bits per heavy atom. The van der Waals surface area contributed by atoms with Crippen LogP contribution in [0, 0.1) is 10.1 Å². The number of nitrogens with zero attached hydrogens (tertiary/aromatic N) is 3. The molecule has 1 fully saturated rings. The first-order valence-electron chi connectivity index (χ1n) is 9.34. The zero-order valence-corrected chi connectivity index (χ0v) is 16.9. The minimum absolute atomic E-state index is 0.0998. The largest absolute Gasteiger partial charge is 0.296 e. The van der Waals surface area contributed by atoms with Gasteiger partial charge in [0.15, 0.2) is 0 Å². The summed E-state index contributed by atoms with van der Waals surface area (Å²) in [5.74, 6) is 0.349. The molecule has 0 amide bonds. The summed E-state index contributed by atoms with van der Waals surface area (Å²) in [5, 5.41) is 11.2. The summed E-state index contributed by atoms with van der Waals surface area (Å²) in [6.07, 6.45) is 0. The summed E-state index contributed by atoms with van der Waals surface area (Å²) in [6.45, 7) is 6.39. The Bertz CT molecular complexity index is 934. The molecule has 0 radical (unpaired) electrons. The van der Waals surface area contributed by atoms with E-state index < -0.39 is 10.0 Å². The third-order valence-corrected chi connectivity index (χ3v) is 7.01. The lowest BCUT2D eigenvalue weighted by atomic mass is 10.0. The van der Waals surface area contributed by atoms with Crippen LogP contribution in [0.15, 0.2) is 53.4 Å². The van der Waals surface area contributed by atoms with Crippen molar-refractivity contribution in [2.45, 2.75) is 31.2 Å². The molecule has 1 heterocycles. The van der Waals surface area contributed by atoms with Crippen LogP contribution in [0.1, 0.15) is 30.9 Å². The number of rotatable bonds is 6. The Labute approximate surface area is 165 Å². The number of hydrogen-bond donors (Lipinski definition) is 0. The highest BCUT2D eigenvalue weighted by molar-refractivity contribution is 7.89. The molecule has 1 saturated heterocycles. The molecule has 1 aliphatic heterocycles.